The average Bonchev–Trinajstić information content (AvgIpc) is 3.34. The number of pyridine rings is 1. The topological polar surface area (TPSA) is 64.7 Å². The number of hydrogen-bond acceptors (Lipinski definition) is 4. The van der Waals surface area contributed by atoms with Crippen molar-refractivity contribution >= 4 is 11.4 Å². The Kier molecular flexibility index (Phi) is 3.78. The third kappa shape index (κ3) is 2.46. The lowest BCUT2D eigenvalue weighted by atomic mass is 10.3. The summed E-state index contributed by atoms with van der Waals surface area (Å²) in [6.45, 7) is 4.21. The van der Waals surface area contributed by atoms with Crippen molar-refractivity contribution in [2.24, 2.45) is 0 Å². The molecule has 0 spiro atoms. The van der Waals surface area contributed by atoms with Gasteiger partial charge in [-0.1, -0.05) is 13.0 Å². The Labute approximate surface area is 139 Å². The molecule has 124 valence electrons. The third-order valence-electron chi connectivity index (χ3n) is 4.07. The first-order valence-electron chi connectivity index (χ1n) is 8.22. The Bertz CT molecular complexity index is 876. The number of carbonyl (C=O) groups is 1. The van der Waals surface area contributed by atoms with E-state index in [1.165, 1.54) is 5.06 Å². The Morgan fingerprint density at radius 1 is 1.38 bits per heavy atom. The number of hydrogen-bond donors (Lipinski definition) is 0. The summed E-state index contributed by atoms with van der Waals surface area (Å²) in [4.78, 5) is 27.1. The van der Waals surface area contributed by atoms with Gasteiger partial charge in [-0.3, -0.25) is 14.0 Å². The maximum absolute atomic E-state index is 12.7. The molecule has 4 rings (SSSR count). The van der Waals surface area contributed by atoms with Gasteiger partial charge in [-0.2, -0.15) is 0 Å². The van der Waals surface area contributed by atoms with E-state index in [2.05, 4.69) is 16.9 Å². The molecule has 3 aromatic rings. The molecule has 0 N–H and O–H groups in total. The van der Waals surface area contributed by atoms with Gasteiger partial charge < -0.3 is 4.57 Å². The lowest BCUT2D eigenvalue weighted by molar-refractivity contribution is -0.0770. The van der Waals surface area contributed by atoms with Gasteiger partial charge in [-0.15, -0.1) is 0 Å². The Balaban J connectivity index is 1.79. The zero-order valence-electron chi connectivity index (χ0n) is 13.6. The van der Waals surface area contributed by atoms with Gasteiger partial charge in [0, 0.05) is 18.9 Å². The van der Waals surface area contributed by atoms with Crippen molar-refractivity contribution in [3.05, 3.63) is 42.6 Å². The van der Waals surface area contributed by atoms with E-state index in [1.807, 2.05) is 39.6 Å². The summed E-state index contributed by atoms with van der Waals surface area (Å²) in [5.41, 5.74) is 1.92. The van der Waals surface area contributed by atoms with Crippen LogP contribution >= 0.6 is 0 Å². The highest BCUT2D eigenvalue weighted by Crippen LogP contribution is 2.23. The minimum absolute atomic E-state index is 0.199. The molecule has 0 aliphatic carbocycles. The van der Waals surface area contributed by atoms with Crippen molar-refractivity contribution in [3.63, 3.8) is 0 Å². The van der Waals surface area contributed by atoms with Crippen LogP contribution in [-0.2, 0) is 11.4 Å². The number of amides is 1. The molecule has 1 saturated heterocycles. The SMILES string of the molecule is CCCn1cnc(-c2nc(C(=O)N3CCCO3)c3ccccn23)c1. The second kappa shape index (κ2) is 6.09. The molecule has 0 unspecified atom stereocenters. The normalized spacial score (nSPS) is 14.6. The molecule has 1 aliphatic rings. The van der Waals surface area contributed by atoms with Crippen LogP contribution in [0, 0.1) is 0 Å². The van der Waals surface area contributed by atoms with E-state index in [1.54, 1.807) is 6.33 Å². The van der Waals surface area contributed by atoms with E-state index in [-0.39, 0.29) is 5.91 Å². The van der Waals surface area contributed by atoms with E-state index < -0.39 is 0 Å². The van der Waals surface area contributed by atoms with E-state index in [9.17, 15) is 4.79 Å². The number of carbonyl (C=O) groups excluding carboxylic acids is 1. The molecule has 0 saturated carbocycles. The van der Waals surface area contributed by atoms with E-state index >= 15 is 0 Å². The van der Waals surface area contributed by atoms with Crippen molar-refractivity contribution in [2.75, 3.05) is 13.2 Å². The van der Waals surface area contributed by atoms with Crippen molar-refractivity contribution < 1.29 is 9.63 Å². The highest BCUT2D eigenvalue weighted by Gasteiger charge is 2.26. The van der Waals surface area contributed by atoms with Gasteiger partial charge in [-0.05, 0) is 25.0 Å². The van der Waals surface area contributed by atoms with E-state index in [4.69, 9.17) is 4.84 Å². The highest BCUT2D eigenvalue weighted by molar-refractivity contribution is 5.99. The largest absolute Gasteiger partial charge is 0.337 e. The fourth-order valence-corrected chi connectivity index (χ4v) is 2.96. The van der Waals surface area contributed by atoms with Gasteiger partial charge >= 0.3 is 0 Å². The van der Waals surface area contributed by atoms with Gasteiger partial charge in [0.2, 0.25) is 0 Å². The lowest BCUT2D eigenvalue weighted by Gasteiger charge is -2.11. The summed E-state index contributed by atoms with van der Waals surface area (Å²) in [7, 11) is 0. The number of rotatable bonds is 4. The molecule has 0 radical (unpaired) electrons. The fraction of sp³-hybridized carbons (Fsp3) is 0.353. The van der Waals surface area contributed by atoms with Crippen LogP contribution in [0.5, 0.6) is 0 Å². The van der Waals surface area contributed by atoms with Crippen molar-refractivity contribution in [1.29, 1.82) is 0 Å². The third-order valence-corrected chi connectivity index (χ3v) is 4.07. The molecule has 4 heterocycles. The lowest BCUT2D eigenvalue weighted by Crippen LogP contribution is -2.27. The first-order valence-corrected chi connectivity index (χ1v) is 8.22. The zero-order chi connectivity index (χ0) is 16.5. The van der Waals surface area contributed by atoms with Gasteiger partial charge in [0.05, 0.1) is 25.0 Å². The molecule has 1 aliphatic heterocycles. The highest BCUT2D eigenvalue weighted by atomic mass is 16.7. The first kappa shape index (κ1) is 14.9. The minimum Gasteiger partial charge on any atom is -0.337 e. The van der Waals surface area contributed by atoms with Crippen LogP contribution < -0.4 is 0 Å². The first-order chi connectivity index (χ1) is 11.8. The van der Waals surface area contributed by atoms with Gasteiger partial charge in [-0.25, -0.2) is 15.0 Å². The van der Waals surface area contributed by atoms with Crippen molar-refractivity contribution in [3.8, 4) is 11.5 Å². The number of aryl methyl sites for hydroxylation is 1. The van der Waals surface area contributed by atoms with Crippen LogP contribution in [0.25, 0.3) is 17.0 Å². The van der Waals surface area contributed by atoms with Crippen LogP contribution in [0.4, 0.5) is 0 Å². The Hall–Kier alpha value is -2.67. The summed E-state index contributed by atoms with van der Waals surface area (Å²) in [5.74, 6) is 0.471. The molecule has 24 heavy (non-hydrogen) atoms. The summed E-state index contributed by atoms with van der Waals surface area (Å²) >= 11 is 0. The summed E-state index contributed by atoms with van der Waals surface area (Å²) in [5, 5.41) is 1.40. The van der Waals surface area contributed by atoms with Gasteiger partial charge in [0.1, 0.15) is 5.69 Å². The summed E-state index contributed by atoms with van der Waals surface area (Å²) in [6.07, 6.45) is 7.55. The van der Waals surface area contributed by atoms with Crippen LogP contribution in [0.1, 0.15) is 30.3 Å². The van der Waals surface area contributed by atoms with Crippen LogP contribution in [0.15, 0.2) is 36.9 Å². The van der Waals surface area contributed by atoms with Crippen molar-refractivity contribution in [2.45, 2.75) is 26.3 Å². The molecule has 3 aromatic heterocycles. The molecule has 7 heteroatoms. The fourth-order valence-electron chi connectivity index (χ4n) is 2.96. The minimum atomic E-state index is -0.199. The monoisotopic (exact) mass is 325 g/mol. The Morgan fingerprint density at radius 3 is 3.08 bits per heavy atom. The Morgan fingerprint density at radius 2 is 2.29 bits per heavy atom. The predicted octanol–water partition coefficient (Wildman–Crippen LogP) is 2.39. The van der Waals surface area contributed by atoms with Crippen LogP contribution in [0.3, 0.4) is 0 Å². The molecule has 1 amide bonds. The number of hydroxylamine groups is 2. The molecular formula is C17H19N5O2. The summed E-state index contributed by atoms with van der Waals surface area (Å²) in [6, 6.07) is 5.71. The second-order valence-corrected chi connectivity index (χ2v) is 5.83. The van der Waals surface area contributed by atoms with Crippen LogP contribution in [-0.4, -0.2) is 43.1 Å². The molecule has 0 atom stereocenters. The number of fused-ring (bicyclic) bond motifs is 1. The zero-order valence-corrected chi connectivity index (χ0v) is 13.6. The van der Waals surface area contributed by atoms with E-state index in [0.717, 1.165) is 30.6 Å². The van der Waals surface area contributed by atoms with Crippen LogP contribution in [0.2, 0.25) is 0 Å². The molecule has 7 nitrogen and oxygen atoms in total. The predicted molar refractivity (Wildman–Crippen MR) is 88.3 cm³/mol. The number of nitrogens with zero attached hydrogens (tertiary/aromatic N) is 5. The summed E-state index contributed by atoms with van der Waals surface area (Å²) < 4.78 is 3.94. The molecule has 1 fully saturated rings. The number of aromatic nitrogens is 4. The van der Waals surface area contributed by atoms with Gasteiger partial charge in [0.15, 0.2) is 11.5 Å². The quantitative estimate of drug-likeness (QED) is 0.739. The standard InChI is InChI=1S/C17H19N5O2/c1-2-7-20-11-13(18-12-20)16-19-15(14-6-3-4-8-21(14)16)17(23)22-9-5-10-24-22/h3-4,6,8,11-12H,2,5,7,9-10H2,1H3. The molecule has 0 bridgehead atoms. The second-order valence-electron chi connectivity index (χ2n) is 5.83. The molecule has 0 aromatic carbocycles. The smallest absolute Gasteiger partial charge is 0.298 e. The average molecular weight is 325 g/mol. The van der Waals surface area contributed by atoms with Crippen molar-refractivity contribution in [1.82, 2.24) is 24.0 Å². The molecular weight excluding hydrogens is 306 g/mol. The maximum Gasteiger partial charge on any atom is 0.298 e. The van der Waals surface area contributed by atoms with E-state index in [0.29, 0.717) is 24.7 Å². The number of imidazole rings is 2. The maximum atomic E-state index is 12.7. The van der Waals surface area contributed by atoms with Gasteiger partial charge in [0.25, 0.3) is 5.91 Å².